The van der Waals surface area contributed by atoms with Crippen molar-refractivity contribution in [1.29, 1.82) is 0 Å². The molecule has 27 heavy (non-hydrogen) atoms. The van der Waals surface area contributed by atoms with E-state index >= 15 is 0 Å². The van der Waals surface area contributed by atoms with Gasteiger partial charge in [0.25, 0.3) is 0 Å². The van der Waals surface area contributed by atoms with E-state index in [-0.39, 0.29) is 31.0 Å². The molecule has 0 aromatic heterocycles. The Labute approximate surface area is 160 Å². The van der Waals surface area contributed by atoms with Crippen molar-refractivity contribution < 1.29 is 24.2 Å². The van der Waals surface area contributed by atoms with Crippen molar-refractivity contribution in [3.05, 3.63) is 12.2 Å². The molecule has 3 N–H and O–H groups in total. The number of hydrogen-bond donors (Lipinski definition) is 3. The zero-order valence-corrected chi connectivity index (χ0v) is 15.8. The number of nitrogens with one attached hydrogen (secondary N) is 2. The molecule has 2 fully saturated rings. The van der Waals surface area contributed by atoms with E-state index in [1.807, 2.05) is 6.08 Å². The van der Waals surface area contributed by atoms with Gasteiger partial charge in [0.1, 0.15) is 6.10 Å². The summed E-state index contributed by atoms with van der Waals surface area (Å²) >= 11 is 0. The van der Waals surface area contributed by atoms with Gasteiger partial charge in [0, 0.05) is 19.1 Å². The summed E-state index contributed by atoms with van der Waals surface area (Å²) in [6.45, 7) is 2.11. The van der Waals surface area contributed by atoms with Gasteiger partial charge in [-0.25, -0.2) is 4.79 Å². The number of urea groups is 1. The Morgan fingerprint density at radius 2 is 1.81 bits per heavy atom. The molecule has 0 aromatic rings. The third kappa shape index (κ3) is 5.92. The van der Waals surface area contributed by atoms with Crippen LogP contribution in [0.2, 0.25) is 0 Å². The molecular weight excluding hydrogens is 350 g/mol. The Bertz CT molecular complexity index is 529. The summed E-state index contributed by atoms with van der Waals surface area (Å²) in [7, 11) is 0. The van der Waals surface area contributed by atoms with Crippen molar-refractivity contribution in [2.75, 3.05) is 32.9 Å². The summed E-state index contributed by atoms with van der Waals surface area (Å²) in [5, 5.41) is 15.5. The van der Waals surface area contributed by atoms with Crippen LogP contribution in [0.4, 0.5) is 4.79 Å². The molecule has 0 bridgehead atoms. The van der Waals surface area contributed by atoms with Crippen molar-refractivity contribution in [3.8, 4) is 0 Å². The Morgan fingerprint density at radius 1 is 1.07 bits per heavy atom. The molecule has 0 spiro atoms. The molecule has 3 amide bonds. The summed E-state index contributed by atoms with van der Waals surface area (Å²) in [4.78, 5) is 26.4. The molecule has 1 aliphatic carbocycles. The molecule has 2 heterocycles. The highest BCUT2D eigenvalue weighted by atomic mass is 16.5. The van der Waals surface area contributed by atoms with Crippen LogP contribution in [0.1, 0.15) is 38.5 Å². The van der Waals surface area contributed by atoms with E-state index in [9.17, 15) is 14.7 Å². The van der Waals surface area contributed by atoms with Crippen LogP contribution in [-0.2, 0) is 14.3 Å². The molecule has 8 heteroatoms. The van der Waals surface area contributed by atoms with Crippen LogP contribution < -0.4 is 10.6 Å². The molecule has 1 saturated carbocycles. The molecule has 3 aliphatic rings. The van der Waals surface area contributed by atoms with Crippen molar-refractivity contribution >= 4 is 11.9 Å². The van der Waals surface area contributed by atoms with Gasteiger partial charge in [-0.1, -0.05) is 31.4 Å². The summed E-state index contributed by atoms with van der Waals surface area (Å²) in [5.74, 6) is 0.0195. The quantitative estimate of drug-likeness (QED) is 0.604. The SMILES string of the molecule is O=C(NC1CCCCC1)N[C@H]1C=C[C@@H](CC(=O)N2CCOCC2)O[C@H]1CO. The van der Waals surface area contributed by atoms with E-state index in [0.29, 0.717) is 26.3 Å². The lowest BCUT2D eigenvalue weighted by Gasteiger charge is -2.34. The van der Waals surface area contributed by atoms with Gasteiger partial charge in [-0.2, -0.15) is 0 Å². The Morgan fingerprint density at radius 3 is 2.52 bits per heavy atom. The molecule has 1 saturated heterocycles. The van der Waals surface area contributed by atoms with Gasteiger partial charge >= 0.3 is 6.03 Å². The van der Waals surface area contributed by atoms with E-state index in [1.165, 1.54) is 6.42 Å². The minimum atomic E-state index is -0.561. The third-order valence-corrected chi connectivity index (χ3v) is 5.44. The zero-order valence-electron chi connectivity index (χ0n) is 15.8. The van der Waals surface area contributed by atoms with Crippen LogP contribution in [0, 0.1) is 0 Å². The lowest BCUT2D eigenvalue weighted by Crippen LogP contribution is -2.53. The van der Waals surface area contributed by atoms with Gasteiger partial charge in [0.15, 0.2) is 0 Å². The van der Waals surface area contributed by atoms with Gasteiger partial charge < -0.3 is 30.1 Å². The van der Waals surface area contributed by atoms with Crippen LogP contribution in [-0.4, -0.2) is 79.1 Å². The highest BCUT2D eigenvalue weighted by Gasteiger charge is 2.30. The Hall–Kier alpha value is -1.64. The minimum Gasteiger partial charge on any atom is -0.394 e. The van der Waals surface area contributed by atoms with Gasteiger partial charge in [0.05, 0.1) is 38.4 Å². The molecule has 3 rings (SSSR count). The number of nitrogens with zero attached hydrogens (tertiary/aromatic N) is 1. The minimum absolute atomic E-state index is 0.0195. The third-order valence-electron chi connectivity index (χ3n) is 5.44. The van der Waals surface area contributed by atoms with Gasteiger partial charge in [-0.3, -0.25) is 4.79 Å². The number of ether oxygens (including phenoxy) is 2. The number of hydrogen-bond acceptors (Lipinski definition) is 5. The Kier molecular flexibility index (Phi) is 7.49. The molecule has 3 atom stereocenters. The van der Waals surface area contributed by atoms with Crippen LogP contribution in [0.25, 0.3) is 0 Å². The fourth-order valence-electron chi connectivity index (χ4n) is 3.88. The molecule has 0 aromatic carbocycles. The van der Waals surface area contributed by atoms with Crippen LogP contribution in [0.15, 0.2) is 12.2 Å². The first-order valence-electron chi connectivity index (χ1n) is 10.0. The number of aliphatic hydroxyl groups excluding tert-OH is 1. The lowest BCUT2D eigenvalue weighted by atomic mass is 9.96. The van der Waals surface area contributed by atoms with Crippen LogP contribution in [0.3, 0.4) is 0 Å². The van der Waals surface area contributed by atoms with E-state index in [4.69, 9.17) is 9.47 Å². The highest BCUT2D eigenvalue weighted by molar-refractivity contribution is 5.77. The first-order valence-corrected chi connectivity index (χ1v) is 10.0. The monoisotopic (exact) mass is 381 g/mol. The largest absolute Gasteiger partial charge is 0.394 e. The maximum absolute atomic E-state index is 12.4. The number of aliphatic hydroxyl groups is 1. The van der Waals surface area contributed by atoms with Crippen molar-refractivity contribution in [3.63, 3.8) is 0 Å². The van der Waals surface area contributed by atoms with Gasteiger partial charge in [0.2, 0.25) is 5.91 Å². The van der Waals surface area contributed by atoms with E-state index < -0.39 is 18.2 Å². The summed E-state index contributed by atoms with van der Waals surface area (Å²) < 4.78 is 11.1. The fraction of sp³-hybridized carbons (Fsp3) is 0.789. The first-order chi connectivity index (χ1) is 13.2. The second-order valence-electron chi connectivity index (χ2n) is 7.46. The average molecular weight is 381 g/mol. The lowest BCUT2D eigenvalue weighted by molar-refractivity contribution is -0.139. The predicted octanol–water partition coefficient (Wildman–Crippen LogP) is 0.552. The average Bonchev–Trinajstić information content (AvgIpc) is 2.70. The van der Waals surface area contributed by atoms with E-state index in [2.05, 4.69) is 10.6 Å². The topological polar surface area (TPSA) is 100 Å². The zero-order chi connectivity index (χ0) is 19.1. The fourth-order valence-corrected chi connectivity index (χ4v) is 3.88. The number of morpholine rings is 1. The second-order valence-corrected chi connectivity index (χ2v) is 7.46. The van der Waals surface area contributed by atoms with Crippen LogP contribution in [0.5, 0.6) is 0 Å². The summed E-state index contributed by atoms with van der Waals surface area (Å²) in [5.41, 5.74) is 0. The molecule has 2 aliphatic heterocycles. The molecular formula is C19H31N3O5. The number of amides is 3. The normalized spacial score (nSPS) is 29.4. The molecule has 8 nitrogen and oxygen atoms in total. The predicted molar refractivity (Wildman–Crippen MR) is 99.2 cm³/mol. The standard InChI is InChI=1S/C19H31N3O5/c23-13-17-16(21-19(25)20-14-4-2-1-3-5-14)7-6-15(27-17)12-18(24)22-8-10-26-11-9-22/h6-7,14-17,23H,1-5,8-13H2,(H2,20,21,25)/t15-,16-,17-/m0/s1. The first kappa shape index (κ1) is 20.1. The second kappa shape index (κ2) is 10.1. The van der Waals surface area contributed by atoms with E-state index in [0.717, 1.165) is 25.7 Å². The van der Waals surface area contributed by atoms with Crippen molar-refractivity contribution in [1.82, 2.24) is 15.5 Å². The van der Waals surface area contributed by atoms with Crippen molar-refractivity contribution in [2.45, 2.75) is 62.8 Å². The van der Waals surface area contributed by atoms with Crippen molar-refractivity contribution in [2.24, 2.45) is 0 Å². The summed E-state index contributed by atoms with van der Waals surface area (Å²) in [6, 6.07) is -0.423. The number of carbonyl (C=O) groups excluding carboxylic acids is 2. The molecule has 0 radical (unpaired) electrons. The van der Waals surface area contributed by atoms with Gasteiger partial charge in [-0.15, -0.1) is 0 Å². The smallest absolute Gasteiger partial charge is 0.315 e. The van der Waals surface area contributed by atoms with Crippen LogP contribution >= 0.6 is 0 Å². The maximum Gasteiger partial charge on any atom is 0.315 e. The number of rotatable bonds is 5. The summed E-state index contributed by atoms with van der Waals surface area (Å²) in [6.07, 6.45) is 8.46. The Balaban J connectivity index is 1.48. The maximum atomic E-state index is 12.4. The van der Waals surface area contributed by atoms with E-state index in [1.54, 1.807) is 11.0 Å². The number of carbonyl (C=O) groups is 2. The molecule has 152 valence electrons. The highest BCUT2D eigenvalue weighted by Crippen LogP contribution is 2.19. The molecule has 0 unspecified atom stereocenters. The van der Waals surface area contributed by atoms with Gasteiger partial charge in [-0.05, 0) is 12.8 Å².